The Morgan fingerprint density at radius 3 is 2.55 bits per heavy atom. The summed E-state index contributed by atoms with van der Waals surface area (Å²) in [5.74, 6) is 0.796. The number of rotatable bonds is 2. The van der Waals surface area contributed by atoms with E-state index in [9.17, 15) is 0 Å². The molecule has 0 bridgehead atoms. The molecule has 2 atom stereocenters. The van der Waals surface area contributed by atoms with E-state index in [2.05, 4.69) is 27.7 Å². The smallest absolute Gasteiger partial charge is 0.0601 e. The minimum atomic E-state index is 0.453. The first kappa shape index (κ1) is 9.05. The van der Waals surface area contributed by atoms with Crippen molar-refractivity contribution in [2.75, 3.05) is 6.61 Å². The van der Waals surface area contributed by atoms with Gasteiger partial charge in [0.2, 0.25) is 0 Å². The van der Waals surface area contributed by atoms with Crippen LogP contribution in [-0.2, 0) is 4.74 Å². The summed E-state index contributed by atoms with van der Waals surface area (Å²) in [5.41, 5.74) is 0.453. The molecule has 1 aliphatic rings. The second-order valence-corrected chi connectivity index (χ2v) is 4.52. The Kier molecular flexibility index (Phi) is 2.58. The first-order valence-corrected chi connectivity index (χ1v) is 4.66. The molecule has 1 nitrogen and oxygen atoms in total. The van der Waals surface area contributed by atoms with Gasteiger partial charge in [-0.25, -0.2) is 0 Å². The maximum Gasteiger partial charge on any atom is 0.0601 e. The van der Waals surface area contributed by atoms with E-state index in [1.807, 2.05) is 0 Å². The van der Waals surface area contributed by atoms with E-state index >= 15 is 0 Å². The molecule has 0 amide bonds. The summed E-state index contributed by atoms with van der Waals surface area (Å²) in [6, 6.07) is 0. The highest BCUT2D eigenvalue weighted by molar-refractivity contribution is 4.85. The first-order valence-electron chi connectivity index (χ1n) is 4.66. The Morgan fingerprint density at radius 1 is 1.55 bits per heavy atom. The van der Waals surface area contributed by atoms with Crippen LogP contribution in [-0.4, -0.2) is 12.7 Å². The van der Waals surface area contributed by atoms with Crippen molar-refractivity contribution in [3.8, 4) is 0 Å². The lowest BCUT2D eigenvalue weighted by Crippen LogP contribution is -2.26. The average molecular weight is 156 g/mol. The highest BCUT2D eigenvalue weighted by atomic mass is 16.5. The Labute approximate surface area is 70.1 Å². The summed E-state index contributed by atoms with van der Waals surface area (Å²) in [6.45, 7) is 10.1. The Hall–Kier alpha value is -0.0400. The van der Waals surface area contributed by atoms with Gasteiger partial charge in [-0.1, -0.05) is 20.8 Å². The van der Waals surface area contributed by atoms with Crippen molar-refractivity contribution in [3.05, 3.63) is 0 Å². The van der Waals surface area contributed by atoms with E-state index in [0.717, 1.165) is 12.5 Å². The van der Waals surface area contributed by atoms with Gasteiger partial charge in [0.15, 0.2) is 0 Å². The zero-order valence-electron chi connectivity index (χ0n) is 8.18. The maximum absolute atomic E-state index is 5.57. The van der Waals surface area contributed by atoms with Crippen LogP contribution in [0.1, 0.15) is 40.5 Å². The minimum Gasteiger partial charge on any atom is -0.378 e. The van der Waals surface area contributed by atoms with Crippen LogP contribution in [0.4, 0.5) is 0 Å². The maximum atomic E-state index is 5.57. The first-order chi connectivity index (χ1) is 5.04. The summed E-state index contributed by atoms with van der Waals surface area (Å²) >= 11 is 0. The Bertz CT molecular complexity index is 131. The largest absolute Gasteiger partial charge is 0.378 e. The van der Waals surface area contributed by atoms with Crippen molar-refractivity contribution in [1.82, 2.24) is 0 Å². The molecule has 1 fully saturated rings. The van der Waals surface area contributed by atoms with Crippen LogP contribution in [0.2, 0.25) is 0 Å². The fourth-order valence-electron chi connectivity index (χ4n) is 2.07. The summed E-state index contributed by atoms with van der Waals surface area (Å²) < 4.78 is 5.57. The second kappa shape index (κ2) is 3.14. The average Bonchev–Trinajstić information content (AvgIpc) is 2.11. The summed E-state index contributed by atoms with van der Waals surface area (Å²) in [6.07, 6.45) is 3.01. The van der Waals surface area contributed by atoms with Gasteiger partial charge in [-0.05, 0) is 31.1 Å². The lowest BCUT2D eigenvalue weighted by atomic mass is 9.77. The van der Waals surface area contributed by atoms with Crippen LogP contribution >= 0.6 is 0 Å². The zero-order chi connectivity index (χ0) is 8.48. The quantitative estimate of drug-likeness (QED) is 0.597. The molecule has 2 unspecified atom stereocenters. The van der Waals surface area contributed by atoms with E-state index in [1.54, 1.807) is 0 Å². The molecule has 11 heavy (non-hydrogen) atoms. The highest BCUT2D eigenvalue weighted by Gasteiger charge is 2.36. The van der Waals surface area contributed by atoms with Crippen molar-refractivity contribution in [2.24, 2.45) is 11.3 Å². The normalized spacial score (nSPS) is 38.5. The number of hydrogen-bond donors (Lipinski definition) is 0. The second-order valence-electron chi connectivity index (χ2n) is 4.52. The van der Waals surface area contributed by atoms with Gasteiger partial charge < -0.3 is 4.74 Å². The topological polar surface area (TPSA) is 9.23 Å². The van der Waals surface area contributed by atoms with Crippen LogP contribution in [0.25, 0.3) is 0 Å². The molecule has 0 spiro atoms. The van der Waals surface area contributed by atoms with Crippen molar-refractivity contribution in [3.63, 3.8) is 0 Å². The molecule has 0 saturated carbocycles. The molecule has 0 aliphatic carbocycles. The molecule has 0 radical (unpaired) electrons. The molecule has 1 aliphatic heterocycles. The van der Waals surface area contributed by atoms with E-state index in [4.69, 9.17) is 4.74 Å². The van der Waals surface area contributed by atoms with E-state index in [1.165, 1.54) is 12.8 Å². The SMILES string of the molecule is CC(C)CC1(C)CCOC1C. The molecule has 1 heterocycles. The van der Waals surface area contributed by atoms with Crippen molar-refractivity contribution in [2.45, 2.75) is 46.6 Å². The molecule has 0 aromatic heterocycles. The van der Waals surface area contributed by atoms with Crippen LogP contribution in [0, 0.1) is 11.3 Å². The predicted molar refractivity (Wildman–Crippen MR) is 47.6 cm³/mol. The molecule has 0 N–H and O–H groups in total. The molecular formula is C10H20O. The van der Waals surface area contributed by atoms with Gasteiger partial charge in [0.1, 0.15) is 0 Å². The predicted octanol–water partition coefficient (Wildman–Crippen LogP) is 2.85. The van der Waals surface area contributed by atoms with Crippen molar-refractivity contribution >= 4 is 0 Å². The fraction of sp³-hybridized carbons (Fsp3) is 1.00. The van der Waals surface area contributed by atoms with Gasteiger partial charge in [-0.2, -0.15) is 0 Å². The van der Waals surface area contributed by atoms with Gasteiger partial charge >= 0.3 is 0 Å². The zero-order valence-corrected chi connectivity index (χ0v) is 8.18. The van der Waals surface area contributed by atoms with E-state index in [-0.39, 0.29) is 0 Å². The van der Waals surface area contributed by atoms with Crippen molar-refractivity contribution in [1.29, 1.82) is 0 Å². The third-order valence-electron chi connectivity index (χ3n) is 2.90. The van der Waals surface area contributed by atoms with Gasteiger partial charge in [0.05, 0.1) is 6.10 Å². The molecule has 66 valence electrons. The Morgan fingerprint density at radius 2 is 2.18 bits per heavy atom. The van der Waals surface area contributed by atoms with Gasteiger partial charge in [0.25, 0.3) is 0 Å². The minimum absolute atomic E-state index is 0.453. The molecule has 0 aromatic rings. The standard InChI is InChI=1S/C10H20O/c1-8(2)7-10(4)5-6-11-9(10)3/h8-9H,5-7H2,1-4H3. The third kappa shape index (κ3) is 1.96. The lowest BCUT2D eigenvalue weighted by Gasteiger charge is -2.29. The number of ether oxygens (including phenoxy) is 1. The van der Waals surface area contributed by atoms with E-state index < -0.39 is 0 Å². The molecule has 1 rings (SSSR count). The molecule has 0 aromatic carbocycles. The van der Waals surface area contributed by atoms with Crippen LogP contribution in [0.15, 0.2) is 0 Å². The van der Waals surface area contributed by atoms with Gasteiger partial charge in [-0.15, -0.1) is 0 Å². The van der Waals surface area contributed by atoms with E-state index in [0.29, 0.717) is 11.5 Å². The van der Waals surface area contributed by atoms with Crippen LogP contribution in [0.3, 0.4) is 0 Å². The van der Waals surface area contributed by atoms with Crippen molar-refractivity contribution < 1.29 is 4.74 Å². The number of hydrogen-bond acceptors (Lipinski definition) is 1. The van der Waals surface area contributed by atoms with Gasteiger partial charge in [-0.3, -0.25) is 0 Å². The fourth-order valence-corrected chi connectivity index (χ4v) is 2.07. The van der Waals surface area contributed by atoms with Crippen LogP contribution in [0.5, 0.6) is 0 Å². The Balaban J connectivity index is 2.51. The van der Waals surface area contributed by atoms with Gasteiger partial charge in [0, 0.05) is 6.61 Å². The summed E-state index contributed by atoms with van der Waals surface area (Å²) in [7, 11) is 0. The van der Waals surface area contributed by atoms with Crippen LogP contribution < -0.4 is 0 Å². The summed E-state index contributed by atoms with van der Waals surface area (Å²) in [5, 5.41) is 0. The highest BCUT2D eigenvalue weighted by Crippen LogP contribution is 2.39. The lowest BCUT2D eigenvalue weighted by molar-refractivity contribution is 0.0617. The molecular weight excluding hydrogens is 136 g/mol. The monoisotopic (exact) mass is 156 g/mol. The molecule has 1 heteroatoms. The third-order valence-corrected chi connectivity index (χ3v) is 2.90. The summed E-state index contributed by atoms with van der Waals surface area (Å²) in [4.78, 5) is 0. The molecule has 1 saturated heterocycles.